The minimum absolute atomic E-state index is 0.0385. The monoisotopic (exact) mass is 419 g/mol. The van der Waals surface area contributed by atoms with Crippen LogP contribution in [0.5, 0.6) is 0 Å². The maximum absolute atomic E-state index is 15.8. The van der Waals surface area contributed by atoms with Crippen LogP contribution in [0.15, 0.2) is 23.2 Å². The van der Waals surface area contributed by atoms with Crippen LogP contribution in [0.4, 0.5) is 20.7 Å². The van der Waals surface area contributed by atoms with Gasteiger partial charge in [0.25, 0.3) is 0 Å². The number of benzene rings is 1. The van der Waals surface area contributed by atoms with Crippen LogP contribution in [-0.4, -0.2) is 62.9 Å². The summed E-state index contributed by atoms with van der Waals surface area (Å²) in [5.41, 5.74) is 0.832. The Bertz CT molecular complexity index is 989. The largest absolute Gasteiger partial charge is 0.447 e. The fourth-order valence-electron chi connectivity index (χ4n) is 4.12. The van der Waals surface area contributed by atoms with E-state index in [1.54, 1.807) is 12.1 Å². The van der Waals surface area contributed by atoms with Gasteiger partial charge in [-0.05, 0) is 13.0 Å². The van der Waals surface area contributed by atoms with Crippen molar-refractivity contribution in [3.05, 3.63) is 30.1 Å². The lowest BCUT2D eigenvalue weighted by molar-refractivity contribution is -0.0440. The normalized spacial score (nSPS) is 25.3. The van der Waals surface area contributed by atoms with Gasteiger partial charge in [-0.1, -0.05) is 11.2 Å². The van der Waals surface area contributed by atoms with Crippen molar-refractivity contribution in [2.75, 3.05) is 49.3 Å². The van der Waals surface area contributed by atoms with E-state index in [4.69, 9.17) is 23.5 Å². The van der Waals surface area contributed by atoms with Crippen molar-refractivity contribution in [3.63, 3.8) is 0 Å². The van der Waals surface area contributed by atoms with Crippen molar-refractivity contribution >= 4 is 28.6 Å². The Balaban J connectivity index is 1.67. The second-order valence-corrected chi connectivity index (χ2v) is 7.46. The molecule has 3 fully saturated rings. The first-order chi connectivity index (χ1) is 14.6. The number of carbonyl (C=O) groups excluding carboxylic acids is 1. The molecule has 1 aromatic carbocycles. The van der Waals surface area contributed by atoms with Gasteiger partial charge in [0.2, 0.25) is 5.58 Å². The molecule has 0 unspecified atom stereocenters. The molecule has 3 aliphatic heterocycles. The molecule has 9 nitrogen and oxygen atoms in total. The third-order valence-electron chi connectivity index (χ3n) is 5.53. The molecule has 0 aliphatic carbocycles. The fraction of sp³-hybridized carbons (Fsp3) is 0.500. The van der Waals surface area contributed by atoms with Gasteiger partial charge >= 0.3 is 6.09 Å². The van der Waals surface area contributed by atoms with E-state index in [0.29, 0.717) is 49.5 Å². The molecule has 3 aliphatic rings. The van der Waals surface area contributed by atoms with Crippen LogP contribution in [0, 0.1) is 5.82 Å². The number of rotatable bonds is 4. The van der Waals surface area contributed by atoms with E-state index in [1.165, 1.54) is 4.90 Å². The number of amides is 1. The van der Waals surface area contributed by atoms with Gasteiger partial charge in [0.15, 0.2) is 17.9 Å². The molecule has 4 heterocycles. The van der Waals surface area contributed by atoms with Gasteiger partial charge in [-0.2, -0.15) is 0 Å². The summed E-state index contributed by atoms with van der Waals surface area (Å²) in [5.74, 6) is -0.394. The number of halogens is 1. The number of cyclic esters (lactones) is 1. The van der Waals surface area contributed by atoms with E-state index >= 15 is 4.39 Å². The molecule has 5 rings (SSSR count). The molecule has 0 spiro atoms. The SMILES string of the molecule is C=C[C@H]1COC(=O)N1c1noc2c(F)c(N3CCO[C@H](C)C3)c(C3OCCO3)cc12. The molecule has 30 heavy (non-hydrogen) atoms. The van der Waals surface area contributed by atoms with Crippen molar-refractivity contribution in [1.29, 1.82) is 0 Å². The number of ether oxygens (including phenoxy) is 4. The molecule has 160 valence electrons. The maximum atomic E-state index is 15.8. The van der Waals surface area contributed by atoms with Crippen molar-refractivity contribution in [2.45, 2.75) is 25.4 Å². The second-order valence-electron chi connectivity index (χ2n) is 7.46. The maximum Gasteiger partial charge on any atom is 0.416 e. The van der Waals surface area contributed by atoms with E-state index in [1.807, 2.05) is 11.8 Å². The quantitative estimate of drug-likeness (QED) is 0.700. The summed E-state index contributed by atoms with van der Waals surface area (Å²) in [6, 6.07) is 1.30. The van der Waals surface area contributed by atoms with Crippen LogP contribution in [-0.2, 0) is 18.9 Å². The predicted molar refractivity (Wildman–Crippen MR) is 104 cm³/mol. The van der Waals surface area contributed by atoms with Gasteiger partial charge in [0.05, 0.1) is 43.0 Å². The van der Waals surface area contributed by atoms with E-state index in [9.17, 15) is 4.79 Å². The Morgan fingerprint density at radius 2 is 2.07 bits per heavy atom. The highest BCUT2D eigenvalue weighted by Crippen LogP contribution is 2.42. The standard InChI is InChI=1S/C20H22FN3O6/c1-3-12-10-29-20(25)24(12)18-14-8-13(19-27-6-7-28-19)16(15(21)17(14)30-22-18)23-4-5-26-11(2)9-23/h3,8,11-12,19H,1,4-7,9-10H2,2H3/t11-,12+/m1/s1. The molecule has 0 saturated carbocycles. The zero-order chi connectivity index (χ0) is 20.8. The summed E-state index contributed by atoms with van der Waals surface area (Å²) in [5, 5.41) is 4.34. The first-order valence-electron chi connectivity index (χ1n) is 9.88. The summed E-state index contributed by atoms with van der Waals surface area (Å²) in [4.78, 5) is 15.5. The lowest BCUT2D eigenvalue weighted by Crippen LogP contribution is -2.42. The Morgan fingerprint density at radius 3 is 2.80 bits per heavy atom. The zero-order valence-corrected chi connectivity index (χ0v) is 16.5. The third kappa shape index (κ3) is 3.03. The Hall–Kier alpha value is -2.69. The molecule has 1 aromatic heterocycles. The third-order valence-corrected chi connectivity index (χ3v) is 5.53. The van der Waals surface area contributed by atoms with Crippen molar-refractivity contribution in [3.8, 4) is 0 Å². The molecule has 0 radical (unpaired) electrons. The van der Waals surface area contributed by atoms with E-state index in [0.717, 1.165) is 0 Å². The van der Waals surface area contributed by atoms with Gasteiger partial charge < -0.3 is 28.4 Å². The van der Waals surface area contributed by atoms with Crippen molar-refractivity contribution < 1.29 is 32.7 Å². The van der Waals surface area contributed by atoms with Crippen LogP contribution in [0.25, 0.3) is 11.0 Å². The lowest BCUT2D eigenvalue weighted by atomic mass is 10.1. The average Bonchev–Trinajstić information content (AvgIpc) is 3.47. The summed E-state index contributed by atoms with van der Waals surface area (Å²) >= 11 is 0. The highest BCUT2D eigenvalue weighted by molar-refractivity contribution is 6.01. The number of fused-ring (bicyclic) bond motifs is 1. The predicted octanol–water partition coefficient (Wildman–Crippen LogP) is 2.75. The van der Waals surface area contributed by atoms with Crippen LogP contribution in [0.3, 0.4) is 0 Å². The molecule has 2 aromatic rings. The van der Waals surface area contributed by atoms with Gasteiger partial charge in [-0.15, -0.1) is 6.58 Å². The molecule has 0 bridgehead atoms. The zero-order valence-electron chi connectivity index (χ0n) is 16.5. The van der Waals surface area contributed by atoms with Gasteiger partial charge in [0, 0.05) is 18.7 Å². The number of hydrogen-bond donors (Lipinski definition) is 0. The Morgan fingerprint density at radius 1 is 1.27 bits per heavy atom. The van der Waals surface area contributed by atoms with E-state index < -0.39 is 24.2 Å². The number of morpholine rings is 1. The number of aromatic nitrogens is 1. The Kier molecular flexibility index (Phi) is 4.84. The minimum Gasteiger partial charge on any atom is -0.447 e. The molecule has 10 heteroatoms. The second kappa shape index (κ2) is 7.53. The molecule has 0 N–H and O–H groups in total. The van der Waals surface area contributed by atoms with Crippen LogP contribution < -0.4 is 9.80 Å². The smallest absolute Gasteiger partial charge is 0.416 e. The topological polar surface area (TPSA) is 86.5 Å². The first kappa shape index (κ1) is 19.3. The molecular formula is C20H22FN3O6. The summed E-state index contributed by atoms with van der Waals surface area (Å²) in [7, 11) is 0. The number of carbonyl (C=O) groups is 1. The fourth-order valence-corrected chi connectivity index (χ4v) is 4.12. The van der Waals surface area contributed by atoms with E-state index in [-0.39, 0.29) is 24.1 Å². The summed E-state index contributed by atoms with van der Waals surface area (Å²) in [6.45, 7) is 8.15. The highest BCUT2D eigenvalue weighted by Gasteiger charge is 2.38. The van der Waals surface area contributed by atoms with Crippen LogP contribution in [0.2, 0.25) is 0 Å². The molecule has 1 amide bonds. The number of hydrogen-bond acceptors (Lipinski definition) is 8. The van der Waals surface area contributed by atoms with E-state index in [2.05, 4.69) is 11.7 Å². The van der Waals surface area contributed by atoms with Crippen LogP contribution in [0.1, 0.15) is 18.8 Å². The van der Waals surface area contributed by atoms with Gasteiger partial charge in [-0.25, -0.2) is 14.1 Å². The molecule has 3 saturated heterocycles. The van der Waals surface area contributed by atoms with Crippen molar-refractivity contribution in [2.24, 2.45) is 0 Å². The summed E-state index contributed by atoms with van der Waals surface area (Å²) < 4.78 is 43.2. The highest BCUT2D eigenvalue weighted by atomic mass is 19.1. The number of anilines is 2. The molecule has 2 atom stereocenters. The van der Waals surface area contributed by atoms with Gasteiger partial charge in [0.1, 0.15) is 6.61 Å². The Labute approximate surface area is 171 Å². The number of nitrogens with zero attached hydrogens (tertiary/aromatic N) is 3. The van der Waals surface area contributed by atoms with Crippen LogP contribution >= 0.6 is 0 Å². The lowest BCUT2D eigenvalue weighted by Gasteiger charge is -2.34. The summed E-state index contributed by atoms with van der Waals surface area (Å²) in [6.07, 6.45) is 0.220. The van der Waals surface area contributed by atoms with Crippen molar-refractivity contribution in [1.82, 2.24) is 5.16 Å². The first-order valence-corrected chi connectivity index (χ1v) is 9.88. The molecular weight excluding hydrogens is 397 g/mol. The average molecular weight is 419 g/mol. The minimum atomic E-state index is -0.722. The van der Waals surface area contributed by atoms with Gasteiger partial charge in [-0.3, -0.25) is 0 Å².